The normalized spacial score (nSPS) is 20.6. The highest BCUT2D eigenvalue weighted by molar-refractivity contribution is 6.47. The number of nitrogens with zero attached hydrogens (tertiary/aromatic N) is 3. The van der Waals surface area contributed by atoms with Gasteiger partial charge in [0.15, 0.2) is 5.71 Å². The molecule has 0 aliphatic carbocycles. The van der Waals surface area contributed by atoms with Gasteiger partial charge in [0.25, 0.3) is 5.91 Å². The molecule has 2 atom stereocenters. The zero-order valence-corrected chi connectivity index (χ0v) is 15.9. The number of methoxy groups -OCH3 is 1. The first kappa shape index (κ1) is 18.7. The number of hydrazone groups is 1. The van der Waals surface area contributed by atoms with E-state index in [-0.39, 0.29) is 12.3 Å². The van der Waals surface area contributed by atoms with Crippen LogP contribution in [-0.2, 0) is 19.1 Å². The summed E-state index contributed by atoms with van der Waals surface area (Å²) in [6.07, 6.45) is 0. The molecule has 8 heteroatoms. The zero-order valence-electron chi connectivity index (χ0n) is 15.9. The lowest BCUT2D eigenvalue weighted by molar-refractivity contribution is -0.136. The molecule has 4 rings (SSSR count). The van der Waals surface area contributed by atoms with Gasteiger partial charge in [0, 0.05) is 0 Å². The summed E-state index contributed by atoms with van der Waals surface area (Å²) >= 11 is 0. The molecule has 2 aliphatic rings. The van der Waals surface area contributed by atoms with E-state index >= 15 is 0 Å². The average molecular weight is 393 g/mol. The quantitative estimate of drug-likeness (QED) is 0.570. The maximum atomic E-state index is 13.4. The Hall–Kier alpha value is -3.68. The second-order valence-corrected chi connectivity index (χ2v) is 6.49. The smallest absolute Gasteiger partial charge is 0.355 e. The molecule has 1 fully saturated rings. The minimum atomic E-state index is -1.05. The molecule has 8 nitrogen and oxygen atoms in total. The lowest BCUT2D eigenvalue weighted by Gasteiger charge is -2.22. The molecule has 0 spiro atoms. The van der Waals surface area contributed by atoms with Crippen molar-refractivity contribution in [2.24, 2.45) is 11.0 Å². The van der Waals surface area contributed by atoms with Gasteiger partial charge < -0.3 is 9.47 Å². The fraction of sp³-hybridized carbons (Fsp3) is 0.238. The number of amides is 2. The highest BCUT2D eigenvalue weighted by atomic mass is 16.5. The first-order valence-electron chi connectivity index (χ1n) is 9.19. The van der Waals surface area contributed by atoms with Crippen LogP contribution in [0.1, 0.15) is 6.92 Å². The van der Waals surface area contributed by atoms with E-state index in [1.807, 2.05) is 6.07 Å². The molecule has 2 heterocycles. The van der Waals surface area contributed by atoms with Crippen LogP contribution < -0.4 is 14.6 Å². The minimum Gasteiger partial charge on any atom is -0.495 e. The number of esters is 1. The fourth-order valence-corrected chi connectivity index (χ4v) is 3.63. The molecule has 2 aliphatic heterocycles. The number of para-hydroxylation sites is 3. The van der Waals surface area contributed by atoms with Crippen LogP contribution >= 0.6 is 0 Å². The van der Waals surface area contributed by atoms with Crippen molar-refractivity contribution < 1.29 is 23.9 Å². The summed E-state index contributed by atoms with van der Waals surface area (Å²) in [5.74, 6) is -2.38. The van der Waals surface area contributed by atoms with Gasteiger partial charge in [-0.05, 0) is 31.2 Å². The van der Waals surface area contributed by atoms with E-state index in [1.165, 1.54) is 12.1 Å². The number of hydrogen-bond acceptors (Lipinski definition) is 7. The summed E-state index contributed by atoms with van der Waals surface area (Å²) in [6, 6.07) is 14.7. The predicted octanol–water partition coefficient (Wildman–Crippen LogP) is 1.99. The Balaban J connectivity index is 1.81. The van der Waals surface area contributed by atoms with Crippen LogP contribution in [0.2, 0.25) is 0 Å². The average Bonchev–Trinajstić information content (AvgIpc) is 3.26. The monoisotopic (exact) mass is 393 g/mol. The van der Waals surface area contributed by atoms with Crippen molar-refractivity contribution in [3.05, 3.63) is 54.6 Å². The molecular weight excluding hydrogens is 374 g/mol. The lowest BCUT2D eigenvalue weighted by Crippen LogP contribution is -2.39. The first-order valence-corrected chi connectivity index (χ1v) is 9.19. The van der Waals surface area contributed by atoms with Crippen molar-refractivity contribution in [3.8, 4) is 5.75 Å². The van der Waals surface area contributed by atoms with Gasteiger partial charge in [0.05, 0.1) is 25.1 Å². The number of ether oxygens (including phenoxy) is 2. The maximum absolute atomic E-state index is 13.4. The summed E-state index contributed by atoms with van der Waals surface area (Å²) in [6.45, 7) is 1.81. The lowest BCUT2D eigenvalue weighted by atomic mass is 9.98. The molecule has 0 aromatic heterocycles. The number of fused-ring (bicyclic) bond motifs is 1. The summed E-state index contributed by atoms with van der Waals surface area (Å²) in [7, 11) is 1.46. The van der Waals surface area contributed by atoms with Crippen LogP contribution in [0.4, 0.5) is 11.4 Å². The third-order valence-electron chi connectivity index (χ3n) is 4.88. The standard InChI is InChI=1S/C21H19N3O5/c1-3-29-21(27)17-16-18(24(22-17)13-9-5-4-6-10-13)20(26)23(19(16)25)14-11-7-8-12-15(14)28-2/h4-12,16,18H,3H2,1-2H3/t16-,18-/m1/s1. The van der Waals surface area contributed by atoms with Gasteiger partial charge in [0.2, 0.25) is 5.91 Å². The molecule has 0 radical (unpaired) electrons. The third kappa shape index (κ3) is 2.93. The summed E-state index contributed by atoms with van der Waals surface area (Å²) in [4.78, 5) is 40.2. The first-order chi connectivity index (χ1) is 14.1. The fourth-order valence-electron chi connectivity index (χ4n) is 3.63. The second kappa shape index (κ2) is 7.38. The maximum Gasteiger partial charge on any atom is 0.355 e. The molecule has 2 aromatic rings. The Morgan fingerprint density at radius 2 is 1.72 bits per heavy atom. The molecule has 0 unspecified atom stereocenters. The Morgan fingerprint density at radius 1 is 1.03 bits per heavy atom. The molecule has 2 aromatic carbocycles. The van der Waals surface area contributed by atoms with Crippen molar-refractivity contribution in [1.82, 2.24) is 0 Å². The van der Waals surface area contributed by atoms with Gasteiger partial charge in [-0.2, -0.15) is 5.10 Å². The molecule has 0 N–H and O–H groups in total. The summed E-state index contributed by atoms with van der Waals surface area (Å²) < 4.78 is 10.4. The van der Waals surface area contributed by atoms with E-state index in [4.69, 9.17) is 9.47 Å². The van der Waals surface area contributed by atoms with E-state index in [0.717, 1.165) is 4.90 Å². The van der Waals surface area contributed by atoms with Gasteiger partial charge in [-0.3, -0.25) is 14.6 Å². The number of benzene rings is 2. The van der Waals surface area contributed by atoms with Gasteiger partial charge >= 0.3 is 5.97 Å². The molecule has 29 heavy (non-hydrogen) atoms. The van der Waals surface area contributed by atoms with E-state index < -0.39 is 29.7 Å². The van der Waals surface area contributed by atoms with E-state index in [0.29, 0.717) is 17.1 Å². The highest BCUT2D eigenvalue weighted by Crippen LogP contribution is 2.40. The number of hydrogen-bond donors (Lipinski definition) is 0. The highest BCUT2D eigenvalue weighted by Gasteiger charge is 2.59. The van der Waals surface area contributed by atoms with Crippen LogP contribution in [0.5, 0.6) is 5.75 Å². The number of carbonyl (C=O) groups excluding carboxylic acids is 3. The summed E-state index contributed by atoms with van der Waals surface area (Å²) in [5, 5.41) is 5.73. The molecular formula is C21H19N3O5. The molecule has 148 valence electrons. The van der Waals surface area contributed by atoms with Gasteiger partial charge in [-0.1, -0.05) is 30.3 Å². The van der Waals surface area contributed by atoms with Crippen LogP contribution in [0, 0.1) is 5.92 Å². The Morgan fingerprint density at radius 3 is 2.41 bits per heavy atom. The van der Waals surface area contributed by atoms with Crippen LogP contribution in [0.3, 0.4) is 0 Å². The van der Waals surface area contributed by atoms with Crippen molar-refractivity contribution in [3.63, 3.8) is 0 Å². The second-order valence-electron chi connectivity index (χ2n) is 6.49. The Bertz CT molecular complexity index is 1000. The molecule has 2 amide bonds. The Labute approximate surface area is 167 Å². The summed E-state index contributed by atoms with van der Waals surface area (Å²) in [5.41, 5.74) is 0.858. The van der Waals surface area contributed by atoms with Gasteiger partial charge in [-0.15, -0.1) is 0 Å². The van der Waals surface area contributed by atoms with Crippen molar-refractivity contribution in [2.45, 2.75) is 13.0 Å². The Kier molecular flexibility index (Phi) is 4.75. The zero-order chi connectivity index (χ0) is 20.5. The van der Waals surface area contributed by atoms with Crippen LogP contribution in [0.25, 0.3) is 0 Å². The van der Waals surface area contributed by atoms with E-state index in [9.17, 15) is 14.4 Å². The van der Waals surface area contributed by atoms with E-state index in [1.54, 1.807) is 55.5 Å². The van der Waals surface area contributed by atoms with Gasteiger partial charge in [0.1, 0.15) is 17.7 Å². The van der Waals surface area contributed by atoms with Crippen molar-refractivity contribution in [1.29, 1.82) is 0 Å². The van der Waals surface area contributed by atoms with Crippen molar-refractivity contribution >= 4 is 34.9 Å². The van der Waals surface area contributed by atoms with Crippen LogP contribution in [0.15, 0.2) is 59.7 Å². The topological polar surface area (TPSA) is 88.5 Å². The van der Waals surface area contributed by atoms with E-state index in [2.05, 4.69) is 5.10 Å². The largest absolute Gasteiger partial charge is 0.495 e. The van der Waals surface area contributed by atoms with Crippen LogP contribution in [-0.4, -0.2) is 43.3 Å². The number of anilines is 2. The minimum absolute atomic E-state index is 0.0727. The third-order valence-corrected chi connectivity index (χ3v) is 4.88. The number of rotatable bonds is 5. The number of carbonyl (C=O) groups is 3. The van der Waals surface area contributed by atoms with Crippen molar-refractivity contribution in [2.75, 3.05) is 23.6 Å². The van der Waals surface area contributed by atoms with Gasteiger partial charge in [-0.25, -0.2) is 9.69 Å². The number of imide groups is 1. The SMILES string of the molecule is CCOC(=O)C1=NN(c2ccccc2)[C@H]2C(=O)N(c3ccccc3OC)C(=O)[C@H]12. The predicted molar refractivity (Wildman–Crippen MR) is 106 cm³/mol. The molecule has 1 saturated heterocycles. The molecule has 0 bridgehead atoms. The molecule has 0 saturated carbocycles.